The van der Waals surface area contributed by atoms with Gasteiger partial charge in [-0.2, -0.15) is 5.26 Å². The molecule has 4 heteroatoms. The summed E-state index contributed by atoms with van der Waals surface area (Å²) in [6.45, 7) is 0. The first-order chi connectivity index (χ1) is 8.86. The molecule has 2 aromatic rings. The zero-order valence-electron chi connectivity index (χ0n) is 9.85. The molecule has 1 heterocycles. The lowest BCUT2D eigenvalue weighted by Gasteiger charge is -2.09. The molecule has 1 aliphatic carbocycles. The molecule has 1 N–H and O–H groups in total. The first-order valence-electron chi connectivity index (χ1n) is 5.97. The van der Waals surface area contributed by atoms with Crippen molar-refractivity contribution in [3.63, 3.8) is 0 Å². The molecule has 0 aliphatic heterocycles. The summed E-state index contributed by atoms with van der Waals surface area (Å²) in [5.74, 6) is 0.891. The Kier molecular flexibility index (Phi) is 2.66. The SMILES string of the molecule is N#Cc1ccc(Nc2ncnc3c2CCC3)cc1. The minimum atomic E-state index is 0.661. The Hall–Kier alpha value is -2.41. The minimum Gasteiger partial charge on any atom is -0.340 e. The van der Waals surface area contributed by atoms with E-state index in [1.165, 1.54) is 5.56 Å². The van der Waals surface area contributed by atoms with Crippen LogP contribution in [0.25, 0.3) is 0 Å². The number of hydrogen-bond acceptors (Lipinski definition) is 4. The van der Waals surface area contributed by atoms with Crippen LogP contribution in [0.3, 0.4) is 0 Å². The molecule has 88 valence electrons. The van der Waals surface area contributed by atoms with E-state index in [0.29, 0.717) is 5.56 Å². The molecule has 0 saturated carbocycles. The van der Waals surface area contributed by atoms with Crippen LogP contribution < -0.4 is 5.32 Å². The molecule has 0 bridgehead atoms. The molecule has 0 radical (unpaired) electrons. The van der Waals surface area contributed by atoms with E-state index < -0.39 is 0 Å². The van der Waals surface area contributed by atoms with E-state index in [1.807, 2.05) is 12.1 Å². The van der Waals surface area contributed by atoms with Gasteiger partial charge in [-0.15, -0.1) is 0 Å². The van der Waals surface area contributed by atoms with E-state index in [0.717, 1.165) is 36.5 Å². The number of nitrogens with zero attached hydrogens (tertiary/aromatic N) is 3. The number of aryl methyl sites for hydroxylation is 1. The van der Waals surface area contributed by atoms with Crippen LogP contribution in [-0.2, 0) is 12.8 Å². The Morgan fingerprint density at radius 3 is 2.72 bits per heavy atom. The van der Waals surface area contributed by atoms with E-state index >= 15 is 0 Å². The van der Waals surface area contributed by atoms with Crippen molar-refractivity contribution in [1.82, 2.24) is 9.97 Å². The number of fused-ring (bicyclic) bond motifs is 1. The van der Waals surface area contributed by atoms with Gasteiger partial charge >= 0.3 is 0 Å². The van der Waals surface area contributed by atoms with Gasteiger partial charge < -0.3 is 5.32 Å². The first-order valence-corrected chi connectivity index (χ1v) is 5.97. The van der Waals surface area contributed by atoms with Crippen molar-refractivity contribution in [2.24, 2.45) is 0 Å². The zero-order chi connectivity index (χ0) is 12.4. The van der Waals surface area contributed by atoms with Crippen molar-refractivity contribution in [3.05, 3.63) is 47.4 Å². The van der Waals surface area contributed by atoms with Crippen LogP contribution in [0.4, 0.5) is 11.5 Å². The molecule has 0 atom stereocenters. The number of anilines is 2. The van der Waals surface area contributed by atoms with Crippen molar-refractivity contribution in [1.29, 1.82) is 5.26 Å². The second-order valence-corrected chi connectivity index (χ2v) is 4.32. The molecule has 1 aromatic heterocycles. The molecule has 3 rings (SSSR count). The van der Waals surface area contributed by atoms with Gasteiger partial charge in [0, 0.05) is 16.9 Å². The normalized spacial score (nSPS) is 12.8. The van der Waals surface area contributed by atoms with Crippen molar-refractivity contribution < 1.29 is 0 Å². The molecule has 0 fully saturated rings. The lowest BCUT2D eigenvalue weighted by Crippen LogP contribution is -2.00. The van der Waals surface area contributed by atoms with Crippen LogP contribution in [0.2, 0.25) is 0 Å². The molecular weight excluding hydrogens is 224 g/mol. The van der Waals surface area contributed by atoms with E-state index in [1.54, 1.807) is 18.5 Å². The number of benzene rings is 1. The molecule has 1 aromatic carbocycles. The van der Waals surface area contributed by atoms with Crippen LogP contribution >= 0.6 is 0 Å². The number of nitriles is 1. The van der Waals surface area contributed by atoms with Gasteiger partial charge in [0.05, 0.1) is 11.6 Å². The summed E-state index contributed by atoms with van der Waals surface area (Å²) in [6.07, 6.45) is 4.83. The van der Waals surface area contributed by atoms with Crippen LogP contribution in [-0.4, -0.2) is 9.97 Å². The predicted octanol–water partition coefficient (Wildman–Crippen LogP) is 2.58. The Balaban J connectivity index is 1.88. The highest BCUT2D eigenvalue weighted by molar-refractivity contribution is 5.61. The fraction of sp³-hybridized carbons (Fsp3) is 0.214. The van der Waals surface area contributed by atoms with Crippen molar-refractivity contribution in [2.45, 2.75) is 19.3 Å². The van der Waals surface area contributed by atoms with E-state index in [2.05, 4.69) is 21.4 Å². The van der Waals surface area contributed by atoms with E-state index in [9.17, 15) is 0 Å². The summed E-state index contributed by atoms with van der Waals surface area (Å²) < 4.78 is 0. The van der Waals surface area contributed by atoms with E-state index in [4.69, 9.17) is 5.26 Å². The summed E-state index contributed by atoms with van der Waals surface area (Å²) in [7, 11) is 0. The summed E-state index contributed by atoms with van der Waals surface area (Å²) >= 11 is 0. The van der Waals surface area contributed by atoms with Crippen LogP contribution in [0.15, 0.2) is 30.6 Å². The zero-order valence-corrected chi connectivity index (χ0v) is 9.85. The topological polar surface area (TPSA) is 61.6 Å². The Labute approximate surface area is 105 Å². The number of hydrogen-bond donors (Lipinski definition) is 1. The fourth-order valence-electron chi connectivity index (χ4n) is 2.23. The highest BCUT2D eigenvalue weighted by Gasteiger charge is 2.16. The molecule has 0 unspecified atom stereocenters. The maximum atomic E-state index is 8.75. The third-order valence-electron chi connectivity index (χ3n) is 3.15. The smallest absolute Gasteiger partial charge is 0.137 e. The fourth-order valence-corrected chi connectivity index (χ4v) is 2.23. The predicted molar refractivity (Wildman–Crippen MR) is 68.5 cm³/mol. The lowest BCUT2D eigenvalue weighted by atomic mass is 10.2. The maximum absolute atomic E-state index is 8.75. The monoisotopic (exact) mass is 236 g/mol. The second-order valence-electron chi connectivity index (χ2n) is 4.32. The average molecular weight is 236 g/mol. The van der Waals surface area contributed by atoms with Gasteiger partial charge in [-0.1, -0.05) is 0 Å². The molecular formula is C14H12N4. The number of aromatic nitrogens is 2. The first kappa shape index (κ1) is 10.7. The van der Waals surface area contributed by atoms with Gasteiger partial charge in [0.2, 0.25) is 0 Å². The number of nitrogens with one attached hydrogen (secondary N) is 1. The Bertz CT molecular complexity index is 611. The van der Waals surface area contributed by atoms with Gasteiger partial charge in [-0.25, -0.2) is 9.97 Å². The third kappa shape index (κ3) is 1.91. The van der Waals surface area contributed by atoms with Crippen molar-refractivity contribution >= 4 is 11.5 Å². The maximum Gasteiger partial charge on any atom is 0.137 e. The van der Waals surface area contributed by atoms with Gasteiger partial charge in [0.25, 0.3) is 0 Å². The largest absolute Gasteiger partial charge is 0.340 e. The third-order valence-corrected chi connectivity index (χ3v) is 3.15. The Morgan fingerprint density at radius 1 is 1.11 bits per heavy atom. The molecule has 1 aliphatic rings. The summed E-state index contributed by atoms with van der Waals surface area (Å²) in [5.41, 5.74) is 3.98. The molecule has 18 heavy (non-hydrogen) atoms. The van der Waals surface area contributed by atoms with Gasteiger partial charge in [0.15, 0.2) is 0 Å². The number of rotatable bonds is 2. The summed E-state index contributed by atoms with van der Waals surface area (Å²) in [5, 5.41) is 12.0. The van der Waals surface area contributed by atoms with Crippen LogP contribution in [0, 0.1) is 11.3 Å². The highest BCUT2D eigenvalue weighted by Crippen LogP contribution is 2.27. The van der Waals surface area contributed by atoms with Gasteiger partial charge in [-0.3, -0.25) is 0 Å². The van der Waals surface area contributed by atoms with Crippen molar-refractivity contribution in [2.75, 3.05) is 5.32 Å². The highest BCUT2D eigenvalue weighted by atomic mass is 15.0. The Morgan fingerprint density at radius 2 is 1.94 bits per heavy atom. The summed E-state index contributed by atoms with van der Waals surface area (Å²) in [4.78, 5) is 8.60. The lowest BCUT2D eigenvalue weighted by molar-refractivity contribution is 0.899. The quantitative estimate of drug-likeness (QED) is 0.870. The van der Waals surface area contributed by atoms with Crippen molar-refractivity contribution in [3.8, 4) is 6.07 Å². The summed E-state index contributed by atoms with van der Waals surface area (Å²) in [6, 6.07) is 9.48. The molecule has 4 nitrogen and oxygen atoms in total. The van der Waals surface area contributed by atoms with Crippen LogP contribution in [0.1, 0.15) is 23.2 Å². The average Bonchev–Trinajstić information content (AvgIpc) is 2.89. The van der Waals surface area contributed by atoms with Gasteiger partial charge in [-0.05, 0) is 43.5 Å². The molecule has 0 spiro atoms. The van der Waals surface area contributed by atoms with Gasteiger partial charge in [0.1, 0.15) is 12.1 Å². The minimum absolute atomic E-state index is 0.661. The second kappa shape index (κ2) is 4.46. The molecule has 0 saturated heterocycles. The standard InChI is InChI=1S/C14H12N4/c15-8-10-4-6-11(7-5-10)18-14-12-2-1-3-13(12)16-9-17-14/h4-7,9H,1-3H2,(H,16,17,18). The van der Waals surface area contributed by atoms with Crippen LogP contribution in [0.5, 0.6) is 0 Å². The molecule has 0 amide bonds. The van der Waals surface area contributed by atoms with E-state index in [-0.39, 0.29) is 0 Å².